The van der Waals surface area contributed by atoms with Crippen molar-refractivity contribution >= 4 is 22.5 Å². The van der Waals surface area contributed by atoms with E-state index in [-0.39, 0.29) is 36.2 Å². The molecular formula is C43H58O15. The number of ketones is 2. The van der Waals surface area contributed by atoms with Crippen LogP contribution in [0.2, 0.25) is 0 Å². The molecule has 0 saturated carbocycles. The number of carbonyl (C=O) groups excluding carboxylic acids is 2. The first-order chi connectivity index (χ1) is 27.8. The van der Waals surface area contributed by atoms with Gasteiger partial charge in [-0.25, -0.2) is 0 Å². The largest absolute Gasteiger partial charge is 0.508 e. The molecular weight excluding hydrogens is 756 g/mol. The highest BCUT2D eigenvalue weighted by Crippen LogP contribution is 2.51. The van der Waals surface area contributed by atoms with E-state index in [2.05, 4.69) is 13.8 Å². The van der Waals surface area contributed by atoms with Crippen molar-refractivity contribution in [2.45, 2.75) is 159 Å². The number of ether oxygens (including phenoxy) is 3. The number of phenols is 3. The van der Waals surface area contributed by atoms with Crippen LogP contribution in [0.5, 0.6) is 28.7 Å². The molecule has 6 atom stereocenters. The number of fused-ring (bicyclic) bond motifs is 2. The van der Waals surface area contributed by atoms with Crippen molar-refractivity contribution < 1.29 is 69.1 Å². The normalized spacial score (nSPS) is 22.9. The summed E-state index contributed by atoms with van der Waals surface area (Å²) in [4.78, 5) is 42.4. The van der Waals surface area contributed by atoms with Crippen LogP contribution in [-0.4, -0.2) is 95.5 Å². The number of aliphatic hydroxyl groups is 5. The first-order valence-corrected chi connectivity index (χ1v) is 20.6. The summed E-state index contributed by atoms with van der Waals surface area (Å²) in [5, 5.41) is 85.3. The number of hydrogen-bond acceptors (Lipinski definition) is 15. The molecule has 0 spiro atoms. The summed E-state index contributed by atoms with van der Waals surface area (Å²) in [6.45, 7) is 3.41. The van der Waals surface area contributed by atoms with E-state index in [0.717, 1.165) is 88.8 Å². The third kappa shape index (κ3) is 9.95. The highest BCUT2D eigenvalue weighted by molar-refractivity contribution is 6.13. The lowest BCUT2D eigenvalue weighted by atomic mass is 9.89. The second-order valence-electron chi connectivity index (χ2n) is 15.6. The van der Waals surface area contributed by atoms with Crippen LogP contribution >= 0.6 is 0 Å². The van der Waals surface area contributed by atoms with Gasteiger partial charge < -0.3 is 59.5 Å². The summed E-state index contributed by atoms with van der Waals surface area (Å²) in [6, 6.07) is 3.04. The van der Waals surface area contributed by atoms with Crippen LogP contribution in [0.25, 0.3) is 22.3 Å². The smallest absolute Gasteiger partial charge is 0.273 e. The fourth-order valence-corrected chi connectivity index (χ4v) is 7.72. The van der Waals surface area contributed by atoms with Gasteiger partial charge in [0.05, 0.1) is 12.2 Å². The van der Waals surface area contributed by atoms with Crippen molar-refractivity contribution in [3.8, 4) is 40.1 Å². The lowest BCUT2D eigenvalue weighted by Gasteiger charge is -2.39. The Morgan fingerprint density at radius 3 is 2.03 bits per heavy atom. The Kier molecular flexibility index (Phi) is 15.6. The van der Waals surface area contributed by atoms with E-state index in [4.69, 9.17) is 18.6 Å². The summed E-state index contributed by atoms with van der Waals surface area (Å²) < 4.78 is 23.4. The van der Waals surface area contributed by atoms with E-state index in [9.17, 15) is 55.2 Å². The minimum atomic E-state index is -2.45. The number of carbonyl (C=O) groups is 2. The second kappa shape index (κ2) is 20.1. The Labute approximate surface area is 336 Å². The van der Waals surface area contributed by atoms with Gasteiger partial charge in [0.25, 0.3) is 5.79 Å². The van der Waals surface area contributed by atoms with Crippen LogP contribution in [-0.2, 0) is 16.0 Å². The average molecular weight is 815 g/mol. The minimum Gasteiger partial charge on any atom is -0.508 e. The predicted octanol–water partition coefficient (Wildman–Crippen LogP) is 5.41. The Hall–Kier alpha value is -4.25. The lowest BCUT2D eigenvalue weighted by Crippen LogP contribution is -2.60. The first kappa shape index (κ1) is 44.8. The zero-order valence-electron chi connectivity index (χ0n) is 33.3. The van der Waals surface area contributed by atoms with E-state index in [0.29, 0.717) is 19.3 Å². The molecule has 2 aliphatic rings. The number of hydrogen-bond donors (Lipinski definition) is 8. The monoisotopic (exact) mass is 814 g/mol. The van der Waals surface area contributed by atoms with Crippen LogP contribution in [0.4, 0.5) is 0 Å². The van der Waals surface area contributed by atoms with E-state index in [1.165, 1.54) is 0 Å². The van der Waals surface area contributed by atoms with Gasteiger partial charge in [0.2, 0.25) is 23.3 Å². The van der Waals surface area contributed by atoms with E-state index in [1.807, 2.05) is 0 Å². The molecule has 1 saturated heterocycles. The molecule has 3 aromatic rings. The molecule has 15 heteroatoms. The van der Waals surface area contributed by atoms with Gasteiger partial charge in [0, 0.05) is 37.0 Å². The molecule has 1 aromatic heterocycles. The quantitative estimate of drug-likeness (QED) is 0.0590. The van der Waals surface area contributed by atoms with Gasteiger partial charge in [-0.1, -0.05) is 90.9 Å². The molecule has 1 fully saturated rings. The Morgan fingerprint density at radius 2 is 1.40 bits per heavy atom. The van der Waals surface area contributed by atoms with Crippen LogP contribution < -0.4 is 14.9 Å². The first-order valence-electron chi connectivity index (χ1n) is 20.6. The summed E-state index contributed by atoms with van der Waals surface area (Å²) >= 11 is 0. The second-order valence-corrected chi connectivity index (χ2v) is 15.6. The van der Waals surface area contributed by atoms with Crippen molar-refractivity contribution in [1.29, 1.82) is 0 Å². The molecule has 15 nitrogen and oxygen atoms in total. The third-order valence-corrected chi connectivity index (χ3v) is 11.0. The zero-order chi connectivity index (χ0) is 42.1. The standard InChI is InChI=1S/C43H58O15/c1-3-5-7-9-11-13-15-17-25(45)19-24-20-28(48)38-33(41(53)43(54,58-38)18-16-14-12-10-8-6-4-2)31(24)39-40(35(50)32-27(47)21-26(46)22-29(32)55-39)57-42-37(52)36(51)34(49)30(23-44)56-42/h20-22,30,34,36-37,42,44,46-49,51-52,54H,3-19,23H2,1-2H3/t30-,34+,36+,37-,42+,43?/m1/s1. The SMILES string of the molecule is CCCCCCCCCC(=O)Cc1cc(O)c2c(c1-c1oc3cc(O)cc(O)c3c(=O)c1O[C@@H]1O[C@H](CO)[C@H](O)[C@H](O)[C@H]1O)C(=O)C(O)(CCCCCCCCC)O2. The van der Waals surface area contributed by atoms with Crippen molar-refractivity contribution in [3.05, 3.63) is 39.5 Å². The number of unbranched alkanes of at least 4 members (excludes halogenated alkanes) is 12. The number of rotatable bonds is 22. The van der Waals surface area contributed by atoms with Gasteiger partial charge in [0.15, 0.2) is 17.3 Å². The molecule has 0 aliphatic carbocycles. The number of Topliss-reactive ketones (excluding diaryl/α,β-unsaturated/α-hetero) is 2. The molecule has 1 unspecified atom stereocenters. The highest BCUT2D eigenvalue weighted by atomic mass is 16.7. The highest BCUT2D eigenvalue weighted by Gasteiger charge is 2.51. The third-order valence-electron chi connectivity index (χ3n) is 11.0. The van der Waals surface area contributed by atoms with E-state index < -0.39 is 105 Å². The maximum atomic E-state index is 14.4. The molecule has 3 heterocycles. The van der Waals surface area contributed by atoms with Gasteiger partial charge in [-0.05, 0) is 24.5 Å². The van der Waals surface area contributed by atoms with E-state index >= 15 is 0 Å². The molecule has 2 aromatic carbocycles. The Morgan fingerprint density at radius 1 is 0.776 bits per heavy atom. The van der Waals surface area contributed by atoms with Crippen LogP contribution in [0.1, 0.15) is 133 Å². The summed E-state index contributed by atoms with van der Waals surface area (Å²) in [5.74, 6) is -7.41. The van der Waals surface area contributed by atoms with Crippen LogP contribution in [0.3, 0.4) is 0 Å². The number of aliphatic hydroxyl groups excluding tert-OH is 4. The number of benzene rings is 2. The molecule has 2 aliphatic heterocycles. The average Bonchev–Trinajstić information content (AvgIpc) is 3.45. The Bertz CT molecular complexity index is 1950. The summed E-state index contributed by atoms with van der Waals surface area (Å²) in [7, 11) is 0. The van der Waals surface area contributed by atoms with Gasteiger partial charge in [-0.3, -0.25) is 14.4 Å². The van der Waals surface area contributed by atoms with Gasteiger partial charge in [-0.15, -0.1) is 0 Å². The molecule has 58 heavy (non-hydrogen) atoms. The van der Waals surface area contributed by atoms with Gasteiger partial charge in [-0.2, -0.15) is 0 Å². The molecule has 0 radical (unpaired) electrons. The van der Waals surface area contributed by atoms with Crippen molar-refractivity contribution in [3.63, 3.8) is 0 Å². The molecule has 0 bridgehead atoms. The number of aromatic hydroxyl groups is 3. The molecule has 5 rings (SSSR count). The van der Waals surface area contributed by atoms with Crippen molar-refractivity contribution in [2.75, 3.05) is 6.61 Å². The summed E-state index contributed by atoms with van der Waals surface area (Å²) in [5.41, 5.74) is -2.26. The molecule has 0 amide bonds. The van der Waals surface area contributed by atoms with Crippen LogP contribution in [0, 0.1) is 0 Å². The molecule has 320 valence electrons. The molecule has 8 N–H and O–H groups in total. The summed E-state index contributed by atoms with van der Waals surface area (Å²) in [6.07, 6.45) is 3.31. The minimum absolute atomic E-state index is 0.0214. The van der Waals surface area contributed by atoms with Crippen molar-refractivity contribution in [2.24, 2.45) is 0 Å². The lowest BCUT2D eigenvalue weighted by molar-refractivity contribution is -0.277. The van der Waals surface area contributed by atoms with Gasteiger partial charge in [0.1, 0.15) is 52.7 Å². The van der Waals surface area contributed by atoms with Crippen molar-refractivity contribution in [1.82, 2.24) is 0 Å². The maximum Gasteiger partial charge on any atom is 0.273 e. The zero-order valence-corrected chi connectivity index (χ0v) is 33.3. The fraction of sp³-hybridized carbons (Fsp3) is 0.605. The topological polar surface area (TPSA) is 254 Å². The Balaban J connectivity index is 1.63. The maximum absolute atomic E-state index is 14.4. The van der Waals surface area contributed by atoms with E-state index in [1.54, 1.807) is 0 Å². The van der Waals surface area contributed by atoms with Crippen LogP contribution in [0.15, 0.2) is 27.4 Å². The number of phenolic OH excluding ortho intramolecular Hbond substituents is 3. The van der Waals surface area contributed by atoms with Gasteiger partial charge >= 0.3 is 0 Å². The fourth-order valence-electron chi connectivity index (χ4n) is 7.72. The predicted molar refractivity (Wildman–Crippen MR) is 211 cm³/mol.